The van der Waals surface area contributed by atoms with Gasteiger partial charge in [0.15, 0.2) is 0 Å². The van der Waals surface area contributed by atoms with Crippen molar-refractivity contribution in [1.29, 1.82) is 0 Å². The van der Waals surface area contributed by atoms with Crippen LogP contribution in [-0.4, -0.2) is 29.7 Å². The molecule has 0 radical (unpaired) electrons. The van der Waals surface area contributed by atoms with Crippen LogP contribution in [0.3, 0.4) is 0 Å². The lowest BCUT2D eigenvalue weighted by atomic mass is 10.1. The Hall–Kier alpha value is -2.44. The number of fused-ring (bicyclic) bond motifs is 1. The van der Waals surface area contributed by atoms with Crippen molar-refractivity contribution in [2.45, 2.75) is 13.0 Å². The molecular formula is C18H18N2O3S. The summed E-state index contributed by atoms with van der Waals surface area (Å²) in [6.07, 6.45) is -0.719. The fraction of sp³-hybridized carbons (Fsp3) is 0.222. The molecule has 2 N–H and O–H groups in total. The second-order valence-electron chi connectivity index (χ2n) is 5.48. The van der Waals surface area contributed by atoms with Crippen molar-refractivity contribution in [1.82, 2.24) is 10.3 Å². The number of nitrogens with one attached hydrogen (secondary N) is 1. The van der Waals surface area contributed by atoms with Crippen molar-refractivity contribution in [3.63, 3.8) is 0 Å². The zero-order valence-corrected chi connectivity index (χ0v) is 14.3. The smallest absolute Gasteiger partial charge is 0.252 e. The molecule has 5 nitrogen and oxygen atoms in total. The number of benzene rings is 1. The summed E-state index contributed by atoms with van der Waals surface area (Å²) in [5.74, 6) is 0.425. The zero-order valence-electron chi connectivity index (χ0n) is 13.4. The number of hydrogen-bond donors (Lipinski definition) is 2. The molecule has 2 aromatic heterocycles. The number of pyridine rings is 1. The van der Waals surface area contributed by atoms with Gasteiger partial charge in [-0.2, -0.15) is 11.3 Å². The van der Waals surface area contributed by atoms with Gasteiger partial charge < -0.3 is 15.2 Å². The van der Waals surface area contributed by atoms with Crippen LogP contribution in [0, 0.1) is 6.92 Å². The van der Waals surface area contributed by atoms with Gasteiger partial charge in [-0.05, 0) is 53.6 Å². The first-order valence-corrected chi connectivity index (χ1v) is 8.46. The number of methoxy groups -OCH3 is 1. The third-order valence-electron chi connectivity index (χ3n) is 3.77. The van der Waals surface area contributed by atoms with Crippen molar-refractivity contribution < 1.29 is 14.6 Å². The highest BCUT2D eigenvalue weighted by Crippen LogP contribution is 2.24. The molecule has 0 aliphatic heterocycles. The maximum absolute atomic E-state index is 12.6. The summed E-state index contributed by atoms with van der Waals surface area (Å²) in [6, 6.07) is 9.04. The van der Waals surface area contributed by atoms with Gasteiger partial charge in [-0.25, -0.2) is 0 Å². The summed E-state index contributed by atoms with van der Waals surface area (Å²) in [5, 5.41) is 17.4. The van der Waals surface area contributed by atoms with E-state index >= 15 is 0 Å². The van der Waals surface area contributed by atoms with E-state index in [1.165, 1.54) is 11.3 Å². The lowest BCUT2D eigenvalue weighted by Gasteiger charge is -2.13. The number of amides is 1. The average molecular weight is 342 g/mol. The maximum atomic E-state index is 12.6. The number of rotatable bonds is 5. The van der Waals surface area contributed by atoms with Crippen LogP contribution >= 0.6 is 11.3 Å². The minimum Gasteiger partial charge on any atom is -0.497 e. The Morgan fingerprint density at radius 3 is 2.92 bits per heavy atom. The average Bonchev–Trinajstić information content (AvgIpc) is 3.13. The second-order valence-corrected chi connectivity index (χ2v) is 6.26. The van der Waals surface area contributed by atoms with Crippen LogP contribution in [0.4, 0.5) is 0 Å². The summed E-state index contributed by atoms with van der Waals surface area (Å²) in [4.78, 5) is 17.0. The number of hydrogen-bond acceptors (Lipinski definition) is 5. The Morgan fingerprint density at radius 2 is 2.21 bits per heavy atom. The van der Waals surface area contributed by atoms with Gasteiger partial charge in [-0.3, -0.25) is 9.78 Å². The Morgan fingerprint density at radius 1 is 1.38 bits per heavy atom. The molecular weight excluding hydrogens is 324 g/mol. The molecule has 3 rings (SSSR count). The molecule has 1 aromatic carbocycles. The lowest BCUT2D eigenvalue weighted by molar-refractivity contribution is 0.0918. The van der Waals surface area contributed by atoms with Crippen LogP contribution < -0.4 is 10.1 Å². The highest BCUT2D eigenvalue weighted by atomic mass is 32.1. The molecule has 6 heteroatoms. The second kappa shape index (κ2) is 6.98. The molecule has 0 spiro atoms. The Balaban J connectivity index is 1.86. The minimum atomic E-state index is -0.719. The third kappa shape index (κ3) is 3.39. The molecule has 124 valence electrons. The fourth-order valence-corrected chi connectivity index (χ4v) is 3.23. The number of aliphatic hydroxyl groups is 1. The molecule has 1 amide bonds. The summed E-state index contributed by atoms with van der Waals surface area (Å²) in [6.45, 7) is 2.00. The van der Waals surface area contributed by atoms with Gasteiger partial charge in [0, 0.05) is 17.6 Å². The minimum absolute atomic E-state index is 0.155. The first-order valence-electron chi connectivity index (χ1n) is 7.52. The SMILES string of the molecule is COc1ccc2nc(C)cc(C(=O)NC[C@H](O)c3ccsc3)c2c1. The van der Waals surface area contributed by atoms with Crippen molar-refractivity contribution in [2.75, 3.05) is 13.7 Å². The van der Waals surface area contributed by atoms with Crippen molar-refractivity contribution >= 4 is 28.1 Å². The van der Waals surface area contributed by atoms with E-state index in [1.807, 2.05) is 35.9 Å². The standard InChI is InChI=1S/C18H18N2O3S/c1-11-7-15(14-8-13(23-2)3-4-16(14)20-11)18(22)19-9-17(21)12-5-6-24-10-12/h3-8,10,17,21H,9H2,1-2H3,(H,19,22)/t17-/m0/s1. The van der Waals surface area contributed by atoms with Crippen LogP contribution in [0.1, 0.15) is 27.7 Å². The first-order chi connectivity index (χ1) is 11.6. The molecule has 24 heavy (non-hydrogen) atoms. The topological polar surface area (TPSA) is 71.5 Å². The van der Waals surface area contributed by atoms with Crippen LogP contribution in [0.25, 0.3) is 10.9 Å². The predicted molar refractivity (Wildman–Crippen MR) is 94.6 cm³/mol. The molecule has 0 fully saturated rings. The largest absolute Gasteiger partial charge is 0.497 e. The summed E-state index contributed by atoms with van der Waals surface area (Å²) in [7, 11) is 1.58. The van der Waals surface area contributed by atoms with Gasteiger partial charge in [0.2, 0.25) is 0 Å². The molecule has 2 heterocycles. The summed E-state index contributed by atoms with van der Waals surface area (Å²) in [5.41, 5.74) is 2.82. The molecule has 0 bridgehead atoms. The zero-order chi connectivity index (χ0) is 17.1. The van der Waals surface area contributed by atoms with Gasteiger partial charge in [0.05, 0.1) is 24.3 Å². The Kier molecular flexibility index (Phi) is 4.78. The lowest BCUT2D eigenvalue weighted by Crippen LogP contribution is -2.28. The van der Waals surface area contributed by atoms with Crippen LogP contribution in [-0.2, 0) is 0 Å². The van der Waals surface area contributed by atoms with Gasteiger partial charge >= 0.3 is 0 Å². The normalized spacial score (nSPS) is 12.1. The number of aromatic nitrogens is 1. The molecule has 0 saturated carbocycles. The monoisotopic (exact) mass is 342 g/mol. The van der Waals surface area contributed by atoms with E-state index in [0.717, 1.165) is 22.2 Å². The Labute approximate surface area is 143 Å². The summed E-state index contributed by atoms with van der Waals surface area (Å²) >= 11 is 1.51. The fourth-order valence-electron chi connectivity index (χ4n) is 2.52. The molecule has 3 aromatic rings. The van der Waals surface area contributed by atoms with Crippen molar-refractivity contribution in [3.05, 3.63) is 57.9 Å². The predicted octanol–water partition coefficient (Wildman–Crippen LogP) is 3.08. The molecule has 0 unspecified atom stereocenters. The Bertz CT molecular complexity index is 862. The number of ether oxygens (including phenoxy) is 1. The van der Waals surface area contributed by atoms with Gasteiger partial charge in [-0.15, -0.1) is 0 Å². The van der Waals surface area contributed by atoms with Crippen LogP contribution in [0.5, 0.6) is 5.75 Å². The number of carbonyl (C=O) groups excluding carboxylic acids is 1. The van der Waals surface area contributed by atoms with Gasteiger partial charge in [0.25, 0.3) is 5.91 Å². The van der Waals surface area contributed by atoms with E-state index in [-0.39, 0.29) is 12.5 Å². The number of aryl methyl sites for hydroxylation is 1. The quantitative estimate of drug-likeness (QED) is 0.747. The highest BCUT2D eigenvalue weighted by molar-refractivity contribution is 7.07. The van der Waals surface area contributed by atoms with Crippen molar-refractivity contribution in [2.24, 2.45) is 0 Å². The van der Waals surface area contributed by atoms with E-state index in [0.29, 0.717) is 11.3 Å². The molecule has 0 aliphatic carbocycles. The highest BCUT2D eigenvalue weighted by Gasteiger charge is 2.15. The maximum Gasteiger partial charge on any atom is 0.252 e. The van der Waals surface area contributed by atoms with Gasteiger partial charge in [-0.1, -0.05) is 0 Å². The van der Waals surface area contributed by atoms with E-state index in [1.54, 1.807) is 19.2 Å². The van der Waals surface area contributed by atoms with Crippen molar-refractivity contribution in [3.8, 4) is 5.75 Å². The van der Waals surface area contributed by atoms with E-state index in [9.17, 15) is 9.90 Å². The molecule has 1 atom stereocenters. The summed E-state index contributed by atoms with van der Waals surface area (Å²) < 4.78 is 5.24. The number of nitrogens with zero attached hydrogens (tertiary/aromatic N) is 1. The third-order valence-corrected chi connectivity index (χ3v) is 4.47. The van der Waals surface area contributed by atoms with E-state index < -0.39 is 6.10 Å². The van der Waals surface area contributed by atoms with E-state index in [4.69, 9.17) is 4.74 Å². The van der Waals surface area contributed by atoms with Crippen LogP contribution in [0.15, 0.2) is 41.1 Å². The number of thiophene rings is 1. The molecule has 0 saturated heterocycles. The number of carbonyl (C=O) groups is 1. The number of aliphatic hydroxyl groups excluding tert-OH is 1. The molecule has 0 aliphatic rings. The van der Waals surface area contributed by atoms with Gasteiger partial charge in [0.1, 0.15) is 5.75 Å². The van der Waals surface area contributed by atoms with Crippen LogP contribution in [0.2, 0.25) is 0 Å². The van der Waals surface area contributed by atoms with E-state index in [2.05, 4.69) is 10.3 Å². The first kappa shape index (κ1) is 16.4.